The summed E-state index contributed by atoms with van der Waals surface area (Å²) in [7, 11) is 0. The van der Waals surface area contributed by atoms with E-state index in [9.17, 15) is 23.8 Å². The van der Waals surface area contributed by atoms with Gasteiger partial charge >= 0.3 is 0 Å². The Morgan fingerprint density at radius 2 is 1.87 bits per heavy atom. The zero-order valence-electron chi connectivity index (χ0n) is 16.9. The second-order valence-corrected chi connectivity index (χ2v) is 7.81. The van der Waals surface area contributed by atoms with Crippen molar-refractivity contribution in [2.24, 2.45) is 11.8 Å². The SMILES string of the molecule is C=C(NC(C(=O)NO)C(C)(O)C(F)F)c1ccc(C#CC2CCC(CO)CC2)cc1. The van der Waals surface area contributed by atoms with Crippen molar-refractivity contribution in [1.29, 1.82) is 0 Å². The largest absolute Gasteiger partial charge is 0.396 e. The second-order valence-electron chi connectivity index (χ2n) is 7.81. The van der Waals surface area contributed by atoms with Gasteiger partial charge < -0.3 is 15.5 Å². The van der Waals surface area contributed by atoms with Gasteiger partial charge in [-0.1, -0.05) is 30.6 Å². The minimum atomic E-state index is -3.23. The summed E-state index contributed by atoms with van der Waals surface area (Å²) in [4.78, 5) is 11.8. The van der Waals surface area contributed by atoms with Crippen molar-refractivity contribution >= 4 is 11.6 Å². The van der Waals surface area contributed by atoms with Crippen LogP contribution >= 0.6 is 0 Å². The number of rotatable bonds is 7. The van der Waals surface area contributed by atoms with E-state index in [2.05, 4.69) is 23.7 Å². The number of hydrogen-bond donors (Lipinski definition) is 5. The fourth-order valence-electron chi connectivity index (χ4n) is 3.35. The molecule has 0 aliphatic heterocycles. The highest BCUT2D eigenvalue weighted by atomic mass is 19.3. The fourth-order valence-corrected chi connectivity index (χ4v) is 3.35. The molecule has 2 unspecified atom stereocenters. The molecule has 1 saturated carbocycles. The van der Waals surface area contributed by atoms with E-state index in [1.54, 1.807) is 24.3 Å². The summed E-state index contributed by atoms with van der Waals surface area (Å²) >= 11 is 0. The summed E-state index contributed by atoms with van der Waals surface area (Å²) in [6.45, 7) is 4.76. The lowest BCUT2D eigenvalue weighted by atomic mass is 9.83. The van der Waals surface area contributed by atoms with Crippen LogP contribution in [0.1, 0.15) is 43.7 Å². The summed E-state index contributed by atoms with van der Waals surface area (Å²) in [6.07, 6.45) is 0.659. The maximum atomic E-state index is 13.1. The Bertz CT molecular complexity index is 792. The predicted octanol–water partition coefficient (Wildman–Crippen LogP) is 2.29. The Morgan fingerprint density at radius 1 is 1.27 bits per heavy atom. The molecule has 0 aromatic heterocycles. The third-order valence-corrected chi connectivity index (χ3v) is 5.48. The number of hydrogen-bond acceptors (Lipinski definition) is 5. The van der Waals surface area contributed by atoms with Crippen molar-refractivity contribution < 1.29 is 29.0 Å². The smallest absolute Gasteiger partial charge is 0.269 e. The molecular weight excluding hydrogens is 394 g/mol. The van der Waals surface area contributed by atoms with Crippen LogP contribution in [-0.2, 0) is 4.79 Å². The van der Waals surface area contributed by atoms with Crippen molar-refractivity contribution in [2.75, 3.05) is 6.61 Å². The van der Waals surface area contributed by atoms with Gasteiger partial charge in [-0.05, 0) is 56.2 Å². The average Bonchev–Trinajstić information content (AvgIpc) is 2.75. The van der Waals surface area contributed by atoms with Crippen molar-refractivity contribution in [3.8, 4) is 11.8 Å². The molecule has 1 amide bonds. The first-order valence-electron chi connectivity index (χ1n) is 9.81. The zero-order valence-corrected chi connectivity index (χ0v) is 16.9. The van der Waals surface area contributed by atoms with Gasteiger partial charge in [0, 0.05) is 23.8 Å². The highest BCUT2D eigenvalue weighted by molar-refractivity contribution is 5.84. The lowest BCUT2D eigenvalue weighted by molar-refractivity contribution is -0.149. The number of alkyl halides is 2. The van der Waals surface area contributed by atoms with Gasteiger partial charge in [-0.2, -0.15) is 0 Å². The molecule has 1 aliphatic rings. The molecule has 0 heterocycles. The number of halogens is 2. The molecule has 2 atom stereocenters. The molecule has 5 N–H and O–H groups in total. The lowest BCUT2D eigenvalue weighted by Gasteiger charge is -2.32. The van der Waals surface area contributed by atoms with Gasteiger partial charge in [-0.15, -0.1) is 0 Å². The lowest BCUT2D eigenvalue weighted by Crippen LogP contribution is -2.59. The van der Waals surface area contributed by atoms with Crippen LogP contribution in [0.15, 0.2) is 30.8 Å². The molecular formula is C22H28F2N2O4. The summed E-state index contributed by atoms with van der Waals surface area (Å²) < 4.78 is 26.3. The highest BCUT2D eigenvalue weighted by Gasteiger charge is 2.45. The van der Waals surface area contributed by atoms with Gasteiger partial charge in [0.25, 0.3) is 12.3 Å². The molecule has 30 heavy (non-hydrogen) atoms. The van der Waals surface area contributed by atoms with Crippen molar-refractivity contribution in [3.63, 3.8) is 0 Å². The van der Waals surface area contributed by atoms with Crippen LogP contribution in [0.4, 0.5) is 8.78 Å². The topological polar surface area (TPSA) is 102 Å². The van der Waals surface area contributed by atoms with E-state index in [1.165, 1.54) is 5.48 Å². The molecule has 0 saturated heterocycles. The first-order chi connectivity index (χ1) is 14.2. The Hall–Kier alpha value is -2.47. The molecule has 6 nitrogen and oxygen atoms in total. The van der Waals surface area contributed by atoms with Crippen LogP contribution in [0, 0.1) is 23.7 Å². The number of nitrogens with one attached hydrogen (secondary N) is 2. The first kappa shape index (κ1) is 23.8. The Morgan fingerprint density at radius 3 is 2.37 bits per heavy atom. The molecule has 1 aromatic carbocycles. The Balaban J connectivity index is 2.04. The molecule has 2 rings (SSSR count). The van der Waals surface area contributed by atoms with Crippen LogP contribution in [-0.4, -0.2) is 46.0 Å². The Kier molecular flexibility index (Phi) is 8.35. The van der Waals surface area contributed by atoms with Crippen molar-refractivity contribution in [1.82, 2.24) is 10.8 Å². The van der Waals surface area contributed by atoms with Crippen molar-refractivity contribution in [3.05, 3.63) is 42.0 Å². The monoisotopic (exact) mass is 422 g/mol. The molecule has 0 spiro atoms. The molecule has 1 aromatic rings. The summed E-state index contributed by atoms with van der Waals surface area (Å²) in [5.41, 5.74) is -0.0207. The third kappa shape index (κ3) is 6.02. The molecule has 0 radical (unpaired) electrons. The zero-order chi connectivity index (χ0) is 22.3. The van der Waals surface area contributed by atoms with Crippen molar-refractivity contribution in [2.45, 2.75) is 50.7 Å². The predicted molar refractivity (Wildman–Crippen MR) is 108 cm³/mol. The van der Waals surface area contributed by atoms with Crippen LogP contribution in [0.3, 0.4) is 0 Å². The number of amides is 1. The minimum absolute atomic E-state index is 0.131. The third-order valence-electron chi connectivity index (χ3n) is 5.48. The quantitative estimate of drug-likeness (QED) is 0.264. The van der Waals surface area contributed by atoms with E-state index in [4.69, 9.17) is 5.21 Å². The van der Waals surface area contributed by atoms with E-state index in [0.29, 0.717) is 17.4 Å². The van der Waals surface area contributed by atoms with Gasteiger partial charge in [0.15, 0.2) is 5.60 Å². The molecule has 8 heteroatoms. The number of carbonyl (C=O) groups is 1. The van der Waals surface area contributed by atoms with Crippen LogP contribution in [0.5, 0.6) is 0 Å². The van der Waals surface area contributed by atoms with E-state index >= 15 is 0 Å². The van der Waals surface area contributed by atoms with Gasteiger partial charge in [-0.3, -0.25) is 10.0 Å². The molecule has 1 fully saturated rings. The highest BCUT2D eigenvalue weighted by Crippen LogP contribution is 2.28. The van der Waals surface area contributed by atoms with E-state index in [-0.39, 0.29) is 12.3 Å². The minimum Gasteiger partial charge on any atom is -0.396 e. The van der Waals surface area contributed by atoms with E-state index in [1.807, 2.05) is 0 Å². The molecule has 1 aliphatic carbocycles. The maximum Gasteiger partial charge on any atom is 0.269 e. The van der Waals surface area contributed by atoms with Gasteiger partial charge in [-0.25, -0.2) is 14.3 Å². The van der Waals surface area contributed by atoms with Crippen LogP contribution in [0.2, 0.25) is 0 Å². The Labute approximate surface area is 175 Å². The van der Waals surface area contributed by atoms with Crippen LogP contribution in [0.25, 0.3) is 5.70 Å². The summed E-state index contributed by atoms with van der Waals surface area (Å²) in [5.74, 6) is 5.85. The second kappa shape index (κ2) is 10.5. The fraction of sp³-hybridized carbons (Fsp3) is 0.500. The number of aliphatic hydroxyl groups is 2. The average molecular weight is 422 g/mol. The number of hydroxylamine groups is 1. The number of carbonyl (C=O) groups excluding carboxylic acids is 1. The number of aliphatic hydroxyl groups excluding tert-OH is 1. The molecule has 0 bridgehead atoms. The summed E-state index contributed by atoms with van der Waals surface area (Å²) in [6, 6.07) is 5.03. The van der Waals surface area contributed by atoms with E-state index < -0.39 is 24.0 Å². The van der Waals surface area contributed by atoms with Gasteiger partial charge in [0.05, 0.1) is 0 Å². The number of benzene rings is 1. The molecule has 164 valence electrons. The van der Waals surface area contributed by atoms with Gasteiger partial charge in [0.2, 0.25) is 0 Å². The van der Waals surface area contributed by atoms with Crippen LogP contribution < -0.4 is 10.8 Å². The first-order valence-corrected chi connectivity index (χ1v) is 9.81. The summed E-state index contributed by atoms with van der Waals surface area (Å²) in [5, 5.41) is 30.4. The maximum absolute atomic E-state index is 13.1. The van der Waals surface area contributed by atoms with E-state index in [0.717, 1.165) is 38.2 Å². The van der Waals surface area contributed by atoms with Gasteiger partial charge in [0.1, 0.15) is 6.04 Å². The standard InChI is InChI=1S/C22H28F2N2O4/c1-14(25-19(20(28)26-30)22(2,29)21(23)24)18-11-9-16(10-12-18)4-3-15-5-7-17(13-27)8-6-15/h9-12,15,17,19,21,25,27,29-30H,1,5-8,13H2,2H3,(H,26,28). The normalized spacial score (nSPS) is 21.7.